The second kappa shape index (κ2) is 3.87. The summed E-state index contributed by atoms with van der Waals surface area (Å²) in [5.74, 6) is -1.42. The predicted molar refractivity (Wildman–Crippen MR) is 35.3 cm³/mol. The Bertz CT molecular complexity index is 142. The molecule has 0 rings (SSSR count). The predicted octanol–water partition coefficient (Wildman–Crippen LogP) is -0.362. The molecule has 0 aliphatic heterocycles. The van der Waals surface area contributed by atoms with E-state index in [9.17, 15) is 9.59 Å². The molecule has 0 atom stereocenters. The van der Waals surface area contributed by atoms with Crippen molar-refractivity contribution in [1.82, 2.24) is 4.90 Å². The van der Waals surface area contributed by atoms with Gasteiger partial charge >= 0.3 is 11.9 Å². The van der Waals surface area contributed by atoms with Crippen LogP contribution in [0.2, 0.25) is 0 Å². The molecule has 0 N–H and O–H groups in total. The standard InChI is InChI=1S/C6H11NO3/c1-4-10-6(9)5(8)7(2)3/h4H2,1-3H3/i5+1,6+1. The molecule has 0 aromatic rings. The molecule has 4 nitrogen and oxygen atoms in total. The number of rotatable bonds is 1. The van der Waals surface area contributed by atoms with Crippen molar-refractivity contribution >= 4 is 11.9 Å². The van der Waals surface area contributed by atoms with Crippen LogP contribution in [0.25, 0.3) is 0 Å². The molecule has 0 heterocycles. The molecule has 1 amide bonds. The number of likely N-dealkylation sites (N-methyl/N-ethyl adjacent to an activating group) is 1. The van der Waals surface area contributed by atoms with E-state index in [0.717, 1.165) is 0 Å². The number of esters is 1. The summed E-state index contributed by atoms with van der Waals surface area (Å²) >= 11 is 0. The molecule has 0 aromatic heterocycles. The van der Waals surface area contributed by atoms with E-state index >= 15 is 0 Å². The lowest BCUT2D eigenvalue weighted by molar-refractivity contribution is -0.158. The van der Waals surface area contributed by atoms with Crippen molar-refractivity contribution < 1.29 is 14.3 Å². The number of carbonyl (C=O) groups is 2. The molecule has 0 spiro atoms. The van der Waals surface area contributed by atoms with Crippen LogP contribution in [-0.4, -0.2) is 37.5 Å². The molecule has 0 aliphatic carbocycles. The number of amides is 1. The van der Waals surface area contributed by atoms with E-state index in [2.05, 4.69) is 4.74 Å². The van der Waals surface area contributed by atoms with Gasteiger partial charge in [0.2, 0.25) is 0 Å². The van der Waals surface area contributed by atoms with Gasteiger partial charge in [0.05, 0.1) is 6.61 Å². The Morgan fingerprint density at radius 2 is 1.90 bits per heavy atom. The molecule has 0 saturated heterocycles. The Morgan fingerprint density at radius 1 is 1.40 bits per heavy atom. The quantitative estimate of drug-likeness (QED) is 0.289. The SMILES string of the molecule is CCO[13C](=O)[13C](=O)N(C)C. The molecule has 0 fully saturated rings. The smallest absolute Gasteiger partial charge is 0.396 e. The van der Waals surface area contributed by atoms with Crippen LogP contribution in [0.1, 0.15) is 6.92 Å². The van der Waals surface area contributed by atoms with Gasteiger partial charge in [0.25, 0.3) is 0 Å². The van der Waals surface area contributed by atoms with Crippen molar-refractivity contribution in [3.63, 3.8) is 0 Å². The summed E-state index contributed by atoms with van der Waals surface area (Å²) in [6.07, 6.45) is 0. The van der Waals surface area contributed by atoms with Gasteiger partial charge in [0, 0.05) is 14.1 Å². The first-order chi connectivity index (χ1) is 4.59. The average molecular weight is 147 g/mol. The molecule has 0 radical (unpaired) electrons. The van der Waals surface area contributed by atoms with Crippen molar-refractivity contribution in [1.29, 1.82) is 0 Å². The minimum Gasteiger partial charge on any atom is -0.459 e. The Hall–Kier alpha value is -1.06. The first-order valence-corrected chi connectivity index (χ1v) is 2.98. The molecule has 0 bridgehead atoms. The van der Waals surface area contributed by atoms with Gasteiger partial charge in [-0.05, 0) is 6.92 Å². The van der Waals surface area contributed by atoms with Gasteiger partial charge in [-0.2, -0.15) is 0 Å². The largest absolute Gasteiger partial charge is 0.459 e. The summed E-state index contributed by atoms with van der Waals surface area (Å²) in [4.78, 5) is 22.4. The highest BCUT2D eigenvalue weighted by atomic mass is 16.6. The third-order valence-electron chi connectivity index (χ3n) is 0.856. The van der Waals surface area contributed by atoms with E-state index in [-0.39, 0.29) is 6.61 Å². The molecule has 0 aliphatic rings. The van der Waals surface area contributed by atoms with Gasteiger partial charge < -0.3 is 9.64 Å². The number of hydrogen-bond acceptors (Lipinski definition) is 3. The summed E-state index contributed by atoms with van der Waals surface area (Å²) in [6.45, 7) is 1.89. The maximum atomic E-state index is 10.7. The van der Waals surface area contributed by atoms with Gasteiger partial charge in [0.1, 0.15) is 0 Å². The van der Waals surface area contributed by atoms with Crippen LogP contribution < -0.4 is 0 Å². The number of hydrogen-bond donors (Lipinski definition) is 0. The van der Waals surface area contributed by atoms with Gasteiger partial charge in [-0.3, -0.25) is 4.79 Å². The maximum absolute atomic E-state index is 10.7. The molecule has 0 aromatic carbocycles. The summed E-state index contributed by atoms with van der Waals surface area (Å²) in [5, 5.41) is 0. The van der Waals surface area contributed by atoms with Gasteiger partial charge in [-0.25, -0.2) is 4.79 Å². The molecule has 0 unspecified atom stereocenters. The van der Waals surface area contributed by atoms with Gasteiger partial charge in [-0.15, -0.1) is 0 Å². The van der Waals surface area contributed by atoms with Crippen molar-refractivity contribution in [2.75, 3.05) is 20.7 Å². The number of ether oxygens (including phenoxy) is 1. The minimum absolute atomic E-state index is 0.235. The highest BCUT2D eigenvalue weighted by Gasteiger charge is 2.15. The summed E-state index contributed by atoms with van der Waals surface area (Å²) in [7, 11) is 3.00. The van der Waals surface area contributed by atoms with E-state index in [4.69, 9.17) is 0 Å². The fraction of sp³-hybridized carbons (Fsp3) is 0.667. The fourth-order valence-corrected chi connectivity index (χ4v) is 0.375. The molecular formula is C6H11NO3. The monoisotopic (exact) mass is 147 g/mol. The Balaban J connectivity index is 3.83. The van der Waals surface area contributed by atoms with Crippen molar-refractivity contribution in [2.45, 2.75) is 6.92 Å². The lowest BCUT2D eigenvalue weighted by atomic mass is 10.9. The van der Waals surface area contributed by atoms with Crippen LogP contribution in [0.3, 0.4) is 0 Å². The van der Waals surface area contributed by atoms with E-state index in [1.54, 1.807) is 6.92 Å². The zero-order valence-corrected chi connectivity index (χ0v) is 6.38. The highest BCUT2D eigenvalue weighted by molar-refractivity contribution is 6.32. The maximum Gasteiger partial charge on any atom is 0.396 e. The van der Waals surface area contributed by atoms with Crippen LogP contribution in [-0.2, 0) is 14.3 Å². The fourth-order valence-electron chi connectivity index (χ4n) is 0.375. The second-order valence-electron chi connectivity index (χ2n) is 1.92. The summed E-state index contributed by atoms with van der Waals surface area (Å²) in [5.41, 5.74) is 0. The van der Waals surface area contributed by atoms with E-state index in [0.29, 0.717) is 0 Å². The van der Waals surface area contributed by atoms with Gasteiger partial charge in [0.15, 0.2) is 0 Å². The number of carbonyl (C=O) groups excluding carboxylic acids is 2. The van der Waals surface area contributed by atoms with E-state index in [1.165, 1.54) is 19.0 Å². The molecule has 4 heteroatoms. The Kier molecular flexibility index (Phi) is 3.46. The Morgan fingerprint density at radius 3 is 2.20 bits per heavy atom. The van der Waals surface area contributed by atoms with Crippen LogP contribution in [0.15, 0.2) is 0 Å². The van der Waals surface area contributed by atoms with Crippen LogP contribution in [0, 0.1) is 0 Å². The van der Waals surface area contributed by atoms with Crippen molar-refractivity contribution in [3.05, 3.63) is 0 Å². The lowest BCUT2D eigenvalue weighted by Crippen LogP contribution is -2.31. The average Bonchev–Trinajstić information content (AvgIpc) is 1.87. The van der Waals surface area contributed by atoms with Crippen LogP contribution >= 0.6 is 0 Å². The number of nitrogens with zero attached hydrogens (tertiary/aromatic N) is 1. The normalized spacial score (nSPS) is 8.70. The molecule has 0 saturated carbocycles. The Labute approximate surface area is 59.8 Å². The van der Waals surface area contributed by atoms with Crippen LogP contribution in [0.4, 0.5) is 0 Å². The van der Waals surface area contributed by atoms with E-state index in [1.807, 2.05) is 0 Å². The van der Waals surface area contributed by atoms with E-state index < -0.39 is 11.9 Å². The molecule has 10 heavy (non-hydrogen) atoms. The molecule has 58 valence electrons. The first kappa shape index (κ1) is 8.94. The zero-order valence-electron chi connectivity index (χ0n) is 6.38. The van der Waals surface area contributed by atoms with Crippen LogP contribution in [0.5, 0.6) is 0 Å². The molecular weight excluding hydrogens is 136 g/mol. The van der Waals surface area contributed by atoms with Crippen molar-refractivity contribution in [3.8, 4) is 0 Å². The third kappa shape index (κ3) is 2.48. The first-order valence-electron chi connectivity index (χ1n) is 2.98. The zero-order chi connectivity index (χ0) is 8.15. The second-order valence-corrected chi connectivity index (χ2v) is 1.92. The third-order valence-corrected chi connectivity index (χ3v) is 0.856. The highest BCUT2D eigenvalue weighted by Crippen LogP contribution is 1.83. The summed E-state index contributed by atoms with van der Waals surface area (Å²) < 4.78 is 4.43. The minimum atomic E-state index is -0.799. The van der Waals surface area contributed by atoms with Crippen molar-refractivity contribution in [2.24, 2.45) is 0 Å². The topological polar surface area (TPSA) is 46.6 Å². The van der Waals surface area contributed by atoms with Gasteiger partial charge in [-0.1, -0.05) is 0 Å². The summed E-state index contributed by atoms with van der Waals surface area (Å²) in [6, 6.07) is 0. The lowest BCUT2D eigenvalue weighted by Gasteiger charge is -2.07.